The standard InChI is InChI=1S/C12H20N2O3S/c1-10(9-15)4-3-7-14-18(16,17)12-6-2-5-11(13)8-12/h2,5-6,8,10,14-15H,3-4,7,9,13H2,1H3. The highest BCUT2D eigenvalue weighted by Crippen LogP contribution is 2.12. The molecule has 0 fully saturated rings. The minimum atomic E-state index is -3.48. The lowest BCUT2D eigenvalue weighted by Crippen LogP contribution is -2.25. The molecule has 1 rings (SSSR count). The van der Waals surface area contributed by atoms with Crippen LogP contribution < -0.4 is 10.5 Å². The number of benzene rings is 1. The quantitative estimate of drug-likeness (QED) is 0.509. The number of aliphatic hydroxyl groups excluding tert-OH is 1. The summed E-state index contributed by atoms with van der Waals surface area (Å²) in [6, 6.07) is 6.19. The molecule has 1 atom stereocenters. The van der Waals surface area contributed by atoms with Crippen molar-refractivity contribution in [2.75, 3.05) is 18.9 Å². The van der Waals surface area contributed by atoms with Crippen molar-refractivity contribution in [3.63, 3.8) is 0 Å². The number of anilines is 1. The Labute approximate surface area is 108 Å². The molecule has 18 heavy (non-hydrogen) atoms. The summed E-state index contributed by atoms with van der Waals surface area (Å²) in [5, 5.41) is 8.85. The summed E-state index contributed by atoms with van der Waals surface area (Å²) in [4.78, 5) is 0.178. The normalized spacial score (nSPS) is 13.4. The molecule has 1 aromatic rings. The third kappa shape index (κ3) is 4.64. The van der Waals surface area contributed by atoms with Crippen molar-refractivity contribution in [2.45, 2.75) is 24.7 Å². The predicted octanol–water partition coefficient (Wildman–Crippen LogP) is 0.956. The first-order chi connectivity index (χ1) is 8.45. The maximum Gasteiger partial charge on any atom is 0.240 e. The molecule has 0 saturated carbocycles. The van der Waals surface area contributed by atoms with Gasteiger partial charge in [0.05, 0.1) is 4.90 Å². The van der Waals surface area contributed by atoms with Gasteiger partial charge in [-0.3, -0.25) is 0 Å². The van der Waals surface area contributed by atoms with Gasteiger partial charge in [0.15, 0.2) is 0 Å². The summed E-state index contributed by atoms with van der Waals surface area (Å²) in [6.07, 6.45) is 1.49. The molecule has 0 saturated heterocycles. The van der Waals surface area contributed by atoms with Crippen molar-refractivity contribution in [3.05, 3.63) is 24.3 Å². The smallest absolute Gasteiger partial charge is 0.240 e. The summed E-state index contributed by atoms with van der Waals surface area (Å²) in [6.45, 7) is 2.41. The van der Waals surface area contributed by atoms with Gasteiger partial charge in [0.1, 0.15) is 0 Å². The van der Waals surface area contributed by atoms with Crippen molar-refractivity contribution in [3.8, 4) is 0 Å². The summed E-state index contributed by atoms with van der Waals surface area (Å²) in [5.41, 5.74) is 5.97. The van der Waals surface area contributed by atoms with E-state index in [0.717, 1.165) is 6.42 Å². The Balaban J connectivity index is 2.51. The Kier molecular flexibility index (Phi) is 5.58. The minimum absolute atomic E-state index is 0.127. The zero-order valence-corrected chi connectivity index (χ0v) is 11.3. The molecule has 0 radical (unpaired) electrons. The van der Waals surface area contributed by atoms with Crippen molar-refractivity contribution >= 4 is 15.7 Å². The first-order valence-electron chi connectivity index (χ1n) is 5.92. The number of nitrogen functional groups attached to an aromatic ring is 1. The molecule has 0 aromatic heterocycles. The lowest BCUT2D eigenvalue weighted by molar-refractivity contribution is 0.228. The van der Waals surface area contributed by atoms with E-state index in [0.29, 0.717) is 18.7 Å². The largest absolute Gasteiger partial charge is 0.399 e. The highest BCUT2D eigenvalue weighted by atomic mass is 32.2. The van der Waals surface area contributed by atoms with E-state index in [4.69, 9.17) is 10.8 Å². The molecule has 6 heteroatoms. The topological polar surface area (TPSA) is 92.4 Å². The van der Waals surface area contributed by atoms with Crippen LogP contribution in [0.3, 0.4) is 0 Å². The maximum atomic E-state index is 11.9. The van der Waals surface area contributed by atoms with Gasteiger partial charge in [-0.15, -0.1) is 0 Å². The monoisotopic (exact) mass is 272 g/mol. The van der Waals surface area contributed by atoms with Crippen LogP contribution in [0.1, 0.15) is 19.8 Å². The number of sulfonamides is 1. The molecule has 1 unspecified atom stereocenters. The Hall–Kier alpha value is -1.11. The van der Waals surface area contributed by atoms with Gasteiger partial charge in [-0.05, 0) is 37.0 Å². The highest BCUT2D eigenvalue weighted by molar-refractivity contribution is 7.89. The van der Waals surface area contributed by atoms with Crippen LogP contribution in [0.2, 0.25) is 0 Å². The average Bonchev–Trinajstić information content (AvgIpc) is 2.34. The summed E-state index contributed by atoms with van der Waals surface area (Å²) >= 11 is 0. The fraction of sp³-hybridized carbons (Fsp3) is 0.500. The van der Waals surface area contributed by atoms with E-state index in [1.54, 1.807) is 12.1 Å². The summed E-state index contributed by atoms with van der Waals surface area (Å²) < 4.78 is 26.3. The van der Waals surface area contributed by atoms with Gasteiger partial charge < -0.3 is 10.8 Å². The van der Waals surface area contributed by atoms with E-state index in [1.807, 2.05) is 6.92 Å². The lowest BCUT2D eigenvalue weighted by Gasteiger charge is -2.09. The van der Waals surface area contributed by atoms with Crippen LogP contribution >= 0.6 is 0 Å². The van der Waals surface area contributed by atoms with Gasteiger partial charge in [-0.25, -0.2) is 13.1 Å². The van der Waals surface area contributed by atoms with Gasteiger partial charge in [0, 0.05) is 18.8 Å². The van der Waals surface area contributed by atoms with E-state index < -0.39 is 10.0 Å². The van der Waals surface area contributed by atoms with E-state index in [2.05, 4.69) is 4.72 Å². The Bertz CT molecular complexity index is 474. The minimum Gasteiger partial charge on any atom is -0.399 e. The Morgan fingerprint density at radius 1 is 1.44 bits per heavy atom. The fourth-order valence-corrected chi connectivity index (χ4v) is 2.64. The van der Waals surface area contributed by atoms with Crippen LogP contribution in [0, 0.1) is 5.92 Å². The first kappa shape index (κ1) is 14.9. The molecule has 0 heterocycles. The second kappa shape index (κ2) is 6.72. The van der Waals surface area contributed by atoms with Crippen molar-refractivity contribution in [2.24, 2.45) is 5.92 Å². The summed E-state index contributed by atoms with van der Waals surface area (Å²) in [7, 11) is -3.48. The molecule has 0 bridgehead atoms. The molecule has 0 aliphatic heterocycles. The van der Waals surface area contributed by atoms with Crippen LogP contribution in [0.5, 0.6) is 0 Å². The molecule has 1 aromatic carbocycles. The predicted molar refractivity (Wildman–Crippen MR) is 71.5 cm³/mol. The molecule has 0 aliphatic carbocycles. The van der Waals surface area contributed by atoms with Crippen molar-refractivity contribution in [1.29, 1.82) is 0 Å². The van der Waals surface area contributed by atoms with Crippen LogP contribution in [0.25, 0.3) is 0 Å². The number of rotatable bonds is 7. The third-order valence-electron chi connectivity index (χ3n) is 2.65. The van der Waals surface area contributed by atoms with E-state index in [9.17, 15) is 8.42 Å². The van der Waals surface area contributed by atoms with E-state index in [1.165, 1.54) is 12.1 Å². The molecular formula is C12H20N2O3S. The first-order valence-corrected chi connectivity index (χ1v) is 7.40. The maximum absolute atomic E-state index is 11.9. The molecule has 5 nitrogen and oxygen atoms in total. The van der Waals surface area contributed by atoms with Gasteiger partial charge in [-0.2, -0.15) is 0 Å². The van der Waals surface area contributed by atoms with Gasteiger partial charge in [0.25, 0.3) is 0 Å². The van der Waals surface area contributed by atoms with E-state index in [-0.39, 0.29) is 17.4 Å². The number of hydrogen-bond acceptors (Lipinski definition) is 4. The molecular weight excluding hydrogens is 252 g/mol. The van der Waals surface area contributed by atoms with Crippen LogP contribution in [0.15, 0.2) is 29.2 Å². The van der Waals surface area contributed by atoms with Gasteiger partial charge >= 0.3 is 0 Å². The molecule has 4 N–H and O–H groups in total. The number of hydrogen-bond donors (Lipinski definition) is 3. The zero-order chi connectivity index (χ0) is 13.6. The van der Waals surface area contributed by atoms with Crippen LogP contribution in [-0.2, 0) is 10.0 Å². The van der Waals surface area contributed by atoms with Gasteiger partial charge in [0.2, 0.25) is 10.0 Å². The fourth-order valence-electron chi connectivity index (χ4n) is 1.51. The van der Waals surface area contributed by atoms with Crippen molar-refractivity contribution < 1.29 is 13.5 Å². The number of nitrogens with one attached hydrogen (secondary N) is 1. The Morgan fingerprint density at radius 3 is 2.78 bits per heavy atom. The summed E-state index contributed by atoms with van der Waals surface area (Å²) in [5.74, 6) is 0.196. The SMILES string of the molecule is CC(CO)CCCNS(=O)(=O)c1cccc(N)c1. The zero-order valence-electron chi connectivity index (χ0n) is 10.5. The molecule has 0 aliphatic rings. The number of aliphatic hydroxyl groups is 1. The third-order valence-corrected chi connectivity index (χ3v) is 4.10. The number of nitrogens with two attached hydrogens (primary N) is 1. The Morgan fingerprint density at radius 2 is 2.17 bits per heavy atom. The van der Waals surface area contributed by atoms with Gasteiger partial charge in [-0.1, -0.05) is 13.0 Å². The van der Waals surface area contributed by atoms with E-state index >= 15 is 0 Å². The second-order valence-electron chi connectivity index (χ2n) is 4.40. The lowest BCUT2D eigenvalue weighted by atomic mass is 10.1. The van der Waals surface area contributed by atoms with Crippen LogP contribution in [-0.4, -0.2) is 26.7 Å². The highest BCUT2D eigenvalue weighted by Gasteiger charge is 2.13. The van der Waals surface area contributed by atoms with Crippen molar-refractivity contribution in [1.82, 2.24) is 4.72 Å². The average molecular weight is 272 g/mol. The second-order valence-corrected chi connectivity index (χ2v) is 6.17. The molecule has 102 valence electrons. The van der Waals surface area contributed by atoms with Crippen LogP contribution in [0.4, 0.5) is 5.69 Å². The molecule has 0 spiro atoms. The molecule has 0 amide bonds.